The fourth-order valence-corrected chi connectivity index (χ4v) is 1.48. The normalized spacial score (nSPS) is 9.38. The molecule has 1 nitrogen and oxygen atoms in total. The monoisotopic (exact) mass is 242 g/mol. The maximum atomic E-state index is 13.2. The molecule has 1 aromatic rings. The van der Waals surface area contributed by atoms with Gasteiger partial charge in [-0.2, -0.15) is 0 Å². The molecule has 13 heavy (non-hydrogen) atoms. The van der Waals surface area contributed by atoms with Gasteiger partial charge in [0, 0.05) is 5.56 Å². The van der Waals surface area contributed by atoms with E-state index < -0.39 is 5.82 Å². The molecule has 0 aromatic heterocycles. The van der Waals surface area contributed by atoms with Gasteiger partial charge in [0.25, 0.3) is 0 Å². The molecule has 0 aliphatic rings. The van der Waals surface area contributed by atoms with Crippen LogP contribution in [0.3, 0.4) is 0 Å². The second-order valence-corrected chi connectivity index (χ2v) is 3.20. The Morgan fingerprint density at radius 1 is 1.62 bits per heavy atom. The van der Waals surface area contributed by atoms with Crippen molar-refractivity contribution in [2.45, 2.75) is 6.92 Å². The van der Waals surface area contributed by atoms with Crippen LogP contribution in [0.25, 0.3) is 0 Å². The van der Waals surface area contributed by atoms with Crippen LogP contribution < -0.4 is 4.74 Å². The minimum atomic E-state index is -0.441. The standard InChI is InChI=1S/C10H8BrFO/c1-3-7-5-8(11)10(13-4-2)9(12)6-7/h1,5-6H,4H2,2H3. The molecule has 0 saturated carbocycles. The van der Waals surface area contributed by atoms with Gasteiger partial charge in [-0.3, -0.25) is 0 Å². The highest BCUT2D eigenvalue weighted by Crippen LogP contribution is 2.29. The molecule has 3 heteroatoms. The van der Waals surface area contributed by atoms with E-state index in [-0.39, 0.29) is 5.75 Å². The second-order valence-electron chi connectivity index (χ2n) is 2.35. The summed E-state index contributed by atoms with van der Waals surface area (Å²) in [5.74, 6) is 2.12. The molecule has 0 saturated heterocycles. The summed E-state index contributed by atoms with van der Waals surface area (Å²) >= 11 is 3.18. The SMILES string of the molecule is C#Cc1cc(F)c(OCC)c(Br)c1. The molecule has 0 heterocycles. The zero-order chi connectivity index (χ0) is 9.84. The Kier molecular flexibility index (Phi) is 3.32. The van der Waals surface area contributed by atoms with E-state index in [0.29, 0.717) is 16.6 Å². The molecule has 0 bridgehead atoms. The quantitative estimate of drug-likeness (QED) is 0.725. The first-order valence-electron chi connectivity index (χ1n) is 3.77. The average molecular weight is 243 g/mol. The van der Waals surface area contributed by atoms with E-state index in [0.717, 1.165) is 0 Å². The first kappa shape index (κ1) is 10.1. The molecule has 0 unspecified atom stereocenters. The summed E-state index contributed by atoms with van der Waals surface area (Å²) in [6, 6.07) is 2.92. The molecular formula is C10H8BrFO. The minimum Gasteiger partial charge on any atom is -0.490 e. The predicted octanol–water partition coefficient (Wildman–Crippen LogP) is 2.97. The van der Waals surface area contributed by atoms with Crippen LogP contribution >= 0.6 is 15.9 Å². The third-order valence-electron chi connectivity index (χ3n) is 1.45. The van der Waals surface area contributed by atoms with Crippen LogP contribution in [0.4, 0.5) is 4.39 Å². The van der Waals surface area contributed by atoms with E-state index in [1.54, 1.807) is 13.0 Å². The van der Waals surface area contributed by atoms with E-state index in [9.17, 15) is 4.39 Å². The second kappa shape index (κ2) is 4.29. The van der Waals surface area contributed by atoms with Crippen molar-refractivity contribution in [3.63, 3.8) is 0 Å². The maximum Gasteiger partial charge on any atom is 0.169 e. The lowest BCUT2D eigenvalue weighted by Crippen LogP contribution is -1.96. The molecular weight excluding hydrogens is 235 g/mol. The van der Waals surface area contributed by atoms with Gasteiger partial charge in [0.15, 0.2) is 11.6 Å². The van der Waals surface area contributed by atoms with Gasteiger partial charge in [-0.15, -0.1) is 6.42 Å². The highest BCUT2D eigenvalue weighted by molar-refractivity contribution is 9.10. The molecule has 0 fully saturated rings. The van der Waals surface area contributed by atoms with E-state index in [1.165, 1.54) is 6.07 Å². The molecule has 0 spiro atoms. The summed E-state index contributed by atoms with van der Waals surface area (Å²) in [6.45, 7) is 2.21. The van der Waals surface area contributed by atoms with Gasteiger partial charge in [-0.25, -0.2) is 4.39 Å². The van der Waals surface area contributed by atoms with E-state index in [1.807, 2.05) is 0 Å². The Morgan fingerprint density at radius 2 is 2.31 bits per heavy atom. The number of terminal acetylenes is 1. The third-order valence-corrected chi connectivity index (χ3v) is 2.04. The van der Waals surface area contributed by atoms with Gasteiger partial charge >= 0.3 is 0 Å². The van der Waals surface area contributed by atoms with Crippen LogP contribution in [0.5, 0.6) is 5.75 Å². The smallest absolute Gasteiger partial charge is 0.169 e. The van der Waals surface area contributed by atoms with Gasteiger partial charge in [-0.05, 0) is 35.0 Å². The molecule has 1 rings (SSSR count). The van der Waals surface area contributed by atoms with E-state index in [2.05, 4.69) is 21.9 Å². The first-order chi connectivity index (χ1) is 6.19. The van der Waals surface area contributed by atoms with Crippen molar-refractivity contribution in [2.75, 3.05) is 6.61 Å². The van der Waals surface area contributed by atoms with Crippen molar-refractivity contribution in [3.8, 4) is 18.1 Å². The van der Waals surface area contributed by atoms with Crippen molar-refractivity contribution < 1.29 is 9.13 Å². The Hall–Kier alpha value is -1.01. The zero-order valence-corrected chi connectivity index (χ0v) is 8.69. The molecule has 0 amide bonds. The summed E-state index contributed by atoms with van der Waals surface area (Å²) in [5.41, 5.74) is 0.493. The summed E-state index contributed by atoms with van der Waals surface area (Å²) < 4.78 is 18.9. The van der Waals surface area contributed by atoms with Crippen molar-refractivity contribution >= 4 is 15.9 Å². The Morgan fingerprint density at radius 3 is 2.77 bits per heavy atom. The number of hydrogen-bond donors (Lipinski definition) is 0. The summed E-state index contributed by atoms with van der Waals surface area (Å²) in [4.78, 5) is 0. The van der Waals surface area contributed by atoms with Crippen LogP contribution in [0, 0.1) is 18.2 Å². The average Bonchev–Trinajstić information content (AvgIpc) is 2.11. The Balaban J connectivity index is 3.17. The summed E-state index contributed by atoms with van der Waals surface area (Å²) in [6.07, 6.45) is 5.13. The van der Waals surface area contributed by atoms with Gasteiger partial charge in [0.2, 0.25) is 0 Å². The molecule has 0 atom stereocenters. The van der Waals surface area contributed by atoms with Crippen molar-refractivity contribution in [3.05, 3.63) is 28.0 Å². The fraction of sp³-hybridized carbons (Fsp3) is 0.200. The highest BCUT2D eigenvalue weighted by Gasteiger charge is 2.08. The van der Waals surface area contributed by atoms with Crippen LogP contribution in [-0.4, -0.2) is 6.61 Å². The Labute approximate surface area is 85.0 Å². The van der Waals surface area contributed by atoms with Gasteiger partial charge in [-0.1, -0.05) is 5.92 Å². The molecule has 0 radical (unpaired) electrons. The lowest BCUT2D eigenvalue weighted by Gasteiger charge is -2.06. The number of halogens is 2. The van der Waals surface area contributed by atoms with Gasteiger partial charge in [0.05, 0.1) is 11.1 Å². The van der Waals surface area contributed by atoms with Gasteiger partial charge < -0.3 is 4.74 Å². The summed E-state index contributed by atoms with van der Waals surface area (Å²) in [7, 11) is 0. The molecule has 1 aromatic carbocycles. The topological polar surface area (TPSA) is 9.23 Å². The molecule has 68 valence electrons. The number of rotatable bonds is 2. The number of ether oxygens (including phenoxy) is 1. The van der Waals surface area contributed by atoms with E-state index in [4.69, 9.17) is 11.2 Å². The van der Waals surface area contributed by atoms with Crippen LogP contribution in [0.2, 0.25) is 0 Å². The third kappa shape index (κ3) is 2.22. The number of benzene rings is 1. The lowest BCUT2D eigenvalue weighted by molar-refractivity contribution is 0.319. The molecule has 0 N–H and O–H groups in total. The molecule has 0 aliphatic carbocycles. The van der Waals surface area contributed by atoms with Crippen LogP contribution in [0.15, 0.2) is 16.6 Å². The summed E-state index contributed by atoms with van der Waals surface area (Å²) in [5, 5.41) is 0. The van der Waals surface area contributed by atoms with Crippen molar-refractivity contribution in [1.82, 2.24) is 0 Å². The van der Waals surface area contributed by atoms with Gasteiger partial charge in [0.1, 0.15) is 0 Å². The van der Waals surface area contributed by atoms with Crippen molar-refractivity contribution in [1.29, 1.82) is 0 Å². The maximum absolute atomic E-state index is 13.2. The largest absolute Gasteiger partial charge is 0.490 e. The highest BCUT2D eigenvalue weighted by atomic mass is 79.9. The molecule has 0 aliphatic heterocycles. The fourth-order valence-electron chi connectivity index (χ4n) is 0.925. The predicted molar refractivity (Wildman–Crippen MR) is 53.2 cm³/mol. The zero-order valence-electron chi connectivity index (χ0n) is 7.10. The van der Waals surface area contributed by atoms with Crippen LogP contribution in [0.1, 0.15) is 12.5 Å². The number of hydrogen-bond acceptors (Lipinski definition) is 1. The lowest BCUT2D eigenvalue weighted by atomic mass is 10.2. The van der Waals surface area contributed by atoms with Crippen LogP contribution in [-0.2, 0) is 0 Å². The first-order valence-corrected chi connectivity index (χ1v) is 4.56. The minimum absolute atomic E-state index is 0.210. The van der Waals surface area contributed by atoms with E-state index >= 15 is 0 Å². The Bertz CT molecular complexity index is 331. The van der Waals surface area contributed by atoms with Crippen molar-refractivity contribution in [2.24, 2.45) is 0 Å².